The minimum Gasteiger partial charge on any atom is -0.396 e. The molecular formula is C10H21NO. The molecule has 0 aliphatic heterocycles. The number of hydrogen-bond acceptors (Lipinski definition) is 2. The van der Waals surface area contributed by atoms with E-state index in [9.17, 15) is 0 Å². The normalized spacial score (nSPS) is 10.1. The Bertz CT molecular complexity index is 93.8. The lowest BCUT2D eigenvalue weighted by Crippen LogP contribution is -2.15. The zero-order valence-corrected chi connectivity index (χ0v) is 7.89. The van der Waals surface area contributed by atoms with Crippen molar-refractivity contribution in [2.75, 3.05) is 19.7 Å². The van der Waals surface area contributed by atoms with Gasteiger partial charge in [-0.1, -0.05) is 18.9 Å². The predicted octanol–water partition coefficient (Wildman–Crippen LogP) is 1.70. The molecule has 0 radical (unpaired) electrons. The van der Waals surface area contributed by atoms with E-state index in [0.717, 1.165) is 32.4 Å². The van der Waals surface area contributed by atoms with Gasteiger partial charge in [0.25, 0.3) is 0 Å². The van der Waals surface area contributed by atoms with Gasteiger partial charge in [-0.2, -0.15) is 0 Å². The highest BCUT2D eigenvalue weighted by atomic mass is 16.2. The second kappa shape index (κ2) is 10.7. The minimum absolute atomic E-state index is 0.337. The van der Waals surface area contributed by atoms with Crippen LogP contribution in [0, 0.1) is 0 Å². The zero-order valence-electron chi connectivity index (χ0n) is 7.89. The number of hydrogen-bond donors (Lipinski definition) is 2. The van der Waals surface area contributed by atoms with Gasteiger partial charge < -0.3 is 10.4 Å². The van der Waals surface area contributed by atoms with E-state index < -0.39 is 0 Å². The standard InChI is InChI=1S/C10H21NO/c1-2-3-8-11-9-6-4-5-7-10-12/h2,11-12H,1,3-10H2. The number of nitrogens with one attached hydrogen (secondary N) is 1. The van der Waals surface area contributed by atoms with Crippen molar-refractivity contribution < 1.29 is 5.11 Å². The molecule has 12 heavy (non-hydrogen) atoms. The van der Waals surface area contributed by atoms with Gasteiger partial charge >= 0.3 is 0 Å². The van der Waals surface area contributed by atoms with Gasteiger partial charge in [0, 0.05) is 6.61 Å². The minimum atomic E-state index is 0.337. The Morgan fingerprint density at radius 1 is 1.08 bits per heavy atom. The highest BCUT2D eigenvalue weighted by molar-refractivity contribution is 4.67. The Balaban J connectivity index is 2.77. The van der Waals surface area contributed by atoms with Crippen molar-refractivity contribution in [2.24, 2.45) is 0 Å². The van der Waals surface area contributed by atoms with Gasteiger partial charge in [0.1, 0.15) is 0 Å². The molecule has 72 valence electrons. The average molecular weight is 171 g/mol. The van der Waals surface area contributed by atoms with Crippen LogP contribution in [0.3, 0.4) is 0 Å². The van der Waals surface area contributed by atoms with E-state index in [1.54, 1.807) is 0 Å². The van der Waals surface area contributed by atoms with E-state index in [0.29, 0.717) is 6.61 Å². The maximum absolute atomic E-state index is 8.51. The van der Waals surface area contributed by atoms with E-state index in [-0.39, 0.29) is 0 Å². The van der Waals surface area contributed by atoms with Gasteiger partial charge in [-0.15, -0.1) is 6.58 Å². The topological polar surface area (TPSA) is 32.3 Å². The Hall–Kier alpha value is -0.340. The van der Waals surface area contributed by atoms with E-state index in [1.807, 2.05) is 6.08 Å². The summed E-state index contributed by atoms with van der Waals surface area (Å²) in [4.78, 5) is 0. The first-order chi connectivity index (χ1) is 5.91. The van der Waals surface area contributed by atoms with E-state index in [2.05, 4.69) is 11.9 Å². The van der Waals surface area contributed by atoms with Gasteiger partial charge in [-0.3, -0.25) is 0 Å². The van der Waals surface area contributed by atoms with Gasteiger partial charge in [-0.25, -0.2) is 0 Å². The molecule has 0 saturated heterocycles. The predicted molar refractivity (Wildman–Crippen MR) is 53.2 cm³/mol. The molecule has 0 spiro atoms. The molecule has 0 bridgehead atoms. The summed E-state index contributed by atoms with van der Waals surface area (Å²) in [5.74, 6) is 0. The molecule has 0 aromatic carbocycles. The Kier molecular flexibility index (Phi) is 10.4. The molecule has 0 fully saturated rings. The molecule has 2 nitrogen and oxygen atoms in total. The van der Waals surface area contributed by atoms with Gasteiger partial charge in [-0.05, 0) is 32.4 Å². The Morgan fingerprint density at radius 3 is 2.50 bits per heavy atom. The van der Waals surface area contributed by atoms with Gasteiger partial charge in [0.2, 0.25) is 0 Å². The summed E-state index contributed by atoms with van der Waals surface area (Å²) in [6.07, 6.45) is 7.53. The summed E-state index contributed by atoms with van der Waals surface area (Å²) in [5, 5.41) is 11.8. The van der Waals surface area contributed by atoms with E-state index in [1.165, 1.54) is 12.8 Å². The Labute approximate surface area is 75.7 Å². The van der Waals surface area contributed by atoms with Crippen LogP contribution in [0.1, 0.15) is 32.1 Å². The van der Waals surface area contributed by atoms with E-state index in [4.69, 9.17) is 5.11 Å². The third-order valence-corrected chi connectivity index (χ3v) is 1.79. The fourth-order valence-corrected chi connectivity index (χ4v) is 1.04. The third-order valence-electron chi connectivity index (χ3n) is 1.79. The zero-order chi connectivity index (χ0) is 9.07. The maximum Gasteiger partial charge on any atom is 0.0431 e. The molecule has 0 aliphatic carbocycles. The summed E-state index contributed by atoms with van der Waals surface area (Å²) in [6.45, 7) is 6.13. The molecule has 0 aromatic heterocycles. The summed E-state index contributed by atoms with van der Waals surface area (Å²) < 4.78 is 0. The summed E-state index contributed by atoms with van der Waals surface area (Å²) in [5.41, 5.74) is 0. The highest BCUT2D eigenvalue weighted by Gasteiger charge is 1.88. The van der Waals surface area contributed by atoms with Crippen molar-refractivity contribution in [3.05, 3.63) is 12.7 Å². The number of aliphatic hydroxyl groups excluding tert-OH is 1. The van der Waals surface area contributed by atoms with Gasteiger partial charge in [0.05, 0.1) is 0 Å². The first-order valence-corrected chi connectivity index (χ1v) is 4.84. The largest absolute Gasteiger partial charge is 0.396 e. The number of unbranched alkanes of at least 4 members (excludes halogenated alkanes) is 3. The molecular weight excluding hydrogens is 150 g/mol. The summed E-state index contributed by atoms with van der Waals surface area (Å²) >= 11 is 0. The van der Waals surface area contributed by atoms with Crippen LogP contribution >= 0.6 is 0 Å². The van der Waals surface area contributed by atoms with E-state index >= 15 is 0 Å². The molecule has 0 atom stereocenters. The van der Waals surface area contributed by atoms with Crippen molar-refractivity contribution in [1.29, 1.82) is 0 Å². The van der Waals surface area contributed by atoms with Crippen molar-refractivity contribution in [3.63, 3.8) is 0 Å². The highest BCUT2D eigenvalue weighted by Crippen LogP contribution is 1.97. The average Bonchev–Trinajstić information content (AvgIpc) is 2.10. The first kappa shape index (κ1) is 11.7. The lowest BCUT2D eigenvalue weighted by atomic mass is 10.2. The lowest BCUT2D eigenvalue weighted by molar-refractivity contribution is 0.282. The molecule has 0 aromatic rings. The fourth-order valence-electron chi connectivity index (χ4n) is 1.04. The van der Waals surface area contributed by atoms with Gasteiger partial charge in [0.15, 0.2) is 0 Å². The van der Waals surface area contributed by atoms with Crippen LogP contribution in [-0.2, 0) is 0 Å². The number of aliphatic hydroxyl groups is 1. The lowest BCUT2D eigenvalue weighted by Gasteiger charge is -2.01. The summed E-state index contributed by atoms with van der Waals surface area (Å²) in [7, 11) is 0. The van der Waals surface area contributed by atoms with Crippen LogP contribution in [0.2, 0.25) is 0 Å². The maximum atomic E-state index is 8.51. The molecule has 0 heterocycles. The molecule has 0 aliphatic rings. The van der Waals surface area contributed by atoms with Crippen molar-refractivity contribution in [1.82, 2.24) is 5.32 Å². The van der Waals surface area contributed by atoms with Crippen LogP contribution in [0.15, 0.2) is 12.7 Å². The number of rotatable bonds is 9. The smallest absolute Gasteiger partial charge is 0.0431 e. The SMILES string of the molecule is C=CCCNCCCCCCO. The van der Waals surface area contributed by atoms with Crippen LogP contribution in [0.25, 0.3) is 0 Å². The van der Waals surface area contributed by atoms with Crippen LogP contribution in [0.4, 0.5) is 0 Å². The van der Waals surface area contributed by atoms with Crippen LogP contribution < -0.4 is 5.32 Å². The molecule has 2 N–H and O–H groups in total. The third kappa shape index (κ3) is 9.66. The molecule has 0 unspecified atom stereocenters. The second-order valence-electron chi connectivity index (χ2n) is 2.97. The second-order valence-corrected chi connectivity index (χ2v) is 2.97. The first-order valence-electron chi connectivity index (χ1n) is 4.84. The van der Waals surface area contributed by atoms with Crippen molar-refractivity contribution in [3.8, 4) is 0 Å². The van der Waals surface area contributed by atoms with Crippen molar-refractivity contribution in [2.45, 2.75) is 32.1 Å². The van der Waals surface area contributed by atoms with Crippen LogP contribution in [-0.4, -0.2) is 24.8 Å². The van der Waals surface area contributed by atoms with Crippen molar-refractivity contribution >= 4 is 0 Å². The Morgan fingerprint density at radius 2 is 1.83 bits per heavy atom. The summed E-state index contributed by atoms with van der Waals surface area (Å²) in [6, 6.07) is 0. The van der Waals surface area contributed by atoms with Crippen LogP contribution in [0.5, 0.6) is 0 Å². The molecule has 0 amide bonds. The monoisotopic (exact) mass is 171 g/mol. The molecule has 0 saturated carbocycles. The fraction of sp³-hybridized carbons (Fsp3) is 0.800. The molecule has 0 rings (SSSR count). The quantitative estimate of drug-likeness (QED) is 0.409. The molecule has 2 heteroatoms.